The fourth-order valence-corrected chi connectivity index (χ4v) is 1.27. The Morgan fingerprint density at radius 1 is 1.21 bits per heavy atom. The van der Waals surface area contributed by atoms with Gasteiger partial charge in [0.15, 0.2) is 0 Å². The average molecular weight is 195 g/mol. The van der Waals surface area contributed by atoms with Gasteiger partial charge in [-0.15, -0.1) is 0 Å². The third-order valence-electron chi connectivity index (χ3n) is 1.89. The number of nitrogens with two attached hydrogens (primary N) is 1. The van der Waals surface area contributed by atoms with Crippen molar-refractivity contribution in [3.8, 4) is 11.5 Å². The first kappa shape index (κ1) is 10.7. The van der Waals surface area contributed by atoms with Gasteiger partial charge in [-0.25, -0.2) is 0 Å². The predicted octanol–water partition coefficient (Wildman–Crippen LogP) is 2.37. The second kappa shape index (κ2) is 4.22. The molecular weight excluding hydrogens is 178 g/mol. The fourth-order valence-electron chi connectivity index (χ4n) is 1.27. The number of aryl methyl sites for hydroxylation is 1. The summed E-state index contributed by atoms with van der Waals surface area (Å²) >= 11 is 0. The maximum absolute atomic E-state index is 5.81. The van der Waals surface area contributed by atoms with Crippen molar-refractivity contribution in [3.05, 3.63) is 17.7 Å². The number of nitrogen functional groups attached to an aromatic ring is 1. The molecule has 0 aromatic heterocycles. The second-order valence-electron chi connectivity index (χ2n) is 3.53. The van der Waals surface area contributed by atoms with E-state index in [9.17, 15) is 0 Å². The van der Waals surface area contributed by atoms with E-state index in [1.807, 2.05) is 32.9 Å². The van der Waals surface area contributed by atoms with Crippen LogP contribution in [0.5, 0.6) is 11.5 Å². The number of hydrogen-bond donors (Lipinski definition) is 1. The normalized spacial score (nSPS) is 10.4. The molecule has 0 aliphatic heterocycles. The Morgan fingerprint density at radius 2 is 1.86 bits per heavy atom. The van der Waals surface area contributed by atoms with Gasteiger partial charge in [0.05, 0.1) is 18.9 Å². The number of anilines is 1. The summed E-state index contributed by atoms with van der Waals surface area (Å²) in [5, 5.41) is 0. The van der Waals surface area contributed by atoms with Crippen molar-refractivity contribution in [3.63, 3.8) is 0 Å². The minimum atomic E-state index is 0.115. The van der Waals surface area contributed by atoms with Crippen LogP contribution in [0.1, 0.15) is 19.4 Å². The molecule has 78 valence electrons. The zero-order valence-electron chi connectivity index (χ0n) is 9.13. The molecule has 2 N–H and O–H groups in total. The summed E-state index contributed by atoms with van der Waals surface area (Å²) < 4.78 is 10.7. The largest absolute Gasteiger partial charge is 0.496 e. The highest BCUT2D eigenvalue weighted by Gasteiger charge is 2.07. The molecule has 0 radical (unpaired) electrons. The smallest absolute Gasteiger partial charge is 0.146 e. The summed E-state index contributed by atoms with van der Waals surface area (Å²) in [5.41, 5.74) is 7.48. The molecule has 1 aromatic rings. The molecule has 0 heterocycles. The van der Waals surface area contributed by atoms with Crippen LogP contribution in [0.15, 0.2) is 12.1 Å². The molecule has 1 rings (SSSR count). The summed E-state index contributed by atoms with van der Waals surface area (Å²) in [6, 6.07) is 3.68. The molecule has 0 aliphatic carbocycles. The molecule has 3 nitrogen and oxygen atoms in total. The number of ether oxygens (including phenoxy) is 2. The molecule has 0 aliphatic rings. The Kier molecular flexibility index (Phi) is 3.23. The summed E-state index contributed by atoms with van der Waals surface area (Å²) in [6.45, 7) is 5.88. The second-order valence-corrected chi connectivity index (χ2v) is 3.53. The zero-order valence-corrected chi connectivity index (χ0v) is 9.13. The van der Waals surface area contributed by atoms with E-state index in [0.29, 0.717) is 11.4 Å². The predicted molar refractivity (Wildman–Crippen MR) is 57.9 cm³/mol. The Balaban J connectivity index is 3.04. The first-order chi connectivity index (χ1) is 6.54. The van der Waals surface area contributed by atoms with Gasteiger partial charge in [0.1, 0.15) is 11.5 Å². The van der Waals surface area contributed by atoms with Crippen molar-refractivity contribution in [2.24, 2.45) is 0 Å². The standard InChI is InChI=1S/C11H17NO2/c1-7(2)14-11-6-10(13-4)8(3)5-9(11)12/h5-7H,12H2,1-4H3. The van der Waals surface area contributed by atoms with Gasteiger partial charge in [-0.2, -0.15) is 0 Å². The molecule has 0 atom stereocenters. The first-order valence-electron chi connectivity index (χ1n) is 4.65. The quantitative estimate of drug-likeness (QED) is 0.753. The van der Waals surface area contributed by atoms with E-state index in [1.54, 1.807) is 7.11 Å². The van der Waals surface area contributed by atoms with Gasteiger partial charge in [-0.1, -0.05) is 0 Å². The number of rotatable bonds is 3. The highest BCUT2D eigenvalue weighted by Crippen LogP contribution is 2.30. The number of benzene rings is 1. The van der Waals surface area contributed by atoms with Crippen LogP contribution < -0.4 is 15.2 Å². The van der Waals surface area contributed by atoms with Crippen molar-refractivity contribution in [1.29, 1.82) is 0 Å². The number of hydrogen-bond acceptors (Lipinski definition) is 3. The van der Waals surface area contributed by atoms with Gasteiger partial charge in [-0.05, 0) is 32.4 Å². The van der Waals surface area contributed by atoms with E-state index >= 15 is 0 Å². The van der Waals surface area contributed by atoms with Gasteiger partial charge in [0, 0.05) is 6.07 Å². The van der Waals surface area contributed by atoms with Crippen LogP contribution in [-0.2, 0) is 0 Å². The summed E-state index contributed by atoms with van der Waals surface area (Å²) in [6.07, 6.45) is 0.115. The van der Waals surface area contributed by atoms with Gasteiger partial charge in [0.25, 0.3) is 0 Å². The van der Waals surface area contributed by atoms with E-state index in [0.717, 1.165) is 11.3 Å². The first-order valence-corrected chi connectivity index (χ1v) is 4.65. The van der Waals surface area contributed by atoms with E-state index in [2.05, 4.69) is 0 Å². The third kappa shape index (κ3) is 2.31. The highest BCUT2D eigenvalue weighted by atomic mass is 16.5. The van der Waals surface area contributed by atoms with E-state index < -0.39 is 0 Å². The van der Waals surface area contributed by atoms with Gasteiger partial charge >= 0.3 is 0 Å². The minimum absolute atomic E-state index is 0.115. The van der Waals surface area contributed by atoms with Gasteiger partial charge in [-0.3, -0.25) is 0 Å². The van der Waals surface area contributed by atoms with Crippen LogP contribution >= 0.6 is 0 Å². The van der Waals surface area contributed by atoms with E-state index in [1.165, 1.54) is 0 Å². The lowest BCUT2D eigenvalue weighted by molar-refractivity contribution is 0.242. The molecule has 0 bridgehead atoms. The summed E-state index contributed by atoms with van der Waals surface area (Å²) in [4.78, 5) is 0. The van der Waals surface area contributed by atoms with Crippen LogP contribution in [0.2, 0.25) is 0 Å². The van der Waals surface area contributed by atoms with Crippen molar-refractivity contribution in [2.75, 3.05) is 12.8 Å². The monoisotopic (exact) mass is 195 g/mol. The van der Waals surface area contributed by atoms with Crippen molar-refractivity contribution in [2.45, 2.75) is 26.9 Å². The summed E-state index contributed by atoms with van der Waals surface area (Å²) in [5.74, 6) is 1.48. The van der Waals surface area contributed by atoms with Crippen LogP contribution in [0, 0.1) is 6.92 Å². The Hall–Kier alpha value is -1.38. The highest BCUT2D eigenvalue weighted by molar-refractivity contribution is 5.58. The molecule has 0 amide bonds. The van der Waals surface area contributed by atoms with Crippen molar-refractivity contribution >= 4 is 5.69 Å². The third-order valence-corrected chi connectivity index (χ3v) is 1.89. The van der Waals surface area contributed by atoms with Crippen molar-refractivity contribution < 1.29 is 9.47 Å². The fraction of sp³-hybridized carbons (Fsp3) is 0.455. The van der Waals surface area contributed by atoms with E-state index in [4.69, 9.17) is 15.2 Å². The van der Waals surface area contributed by atoms with Crippen LogP contribution in [-0.4, -0.2) is 13.2 Å². The van der Waals surface area contributed by atoms with Crippen LogP contribution in [0.4, 0.5) is 5.69 Å². The molecule has 3 heteroatoms. The minimum Gasteiger partial charge on any atom is -0.496 e. The van der Waals surface area contributed by atoms with Gasteiger partial charge in [0.2, 0.25) is 0 Å². The van der Waals surface area contributed by atoms with Gasteiger partial charge < -0.3 is 15.2 Å². The molecule has 14 heavy (non-hydrogen) atoms. The molecule has 0 saturated carbocycles. The lowest BCUT2D eigenvalue weighted by atomic mass is 10.2. The Labute approximate surface area is 84.8 Å². The lowest BCUT2D eigenvalue weighted by Crippen LogP contribution is -2.07. The topological polar surface area (TPSA) is 44.5 Å². The summed E-state index contributed by atoms with van der Waals surface area (Å²) in [7, 11) is 1.64. The number of methoxy groups -OCH3 is 1. The molecule has 0 fully saturated rings. The Bertz CT molecular complexity index is 321. The zero-order chi connectivity index (χ0) is 10.7. The Morgan fingerprint density at radius 3 is 2.36 bits per heavy atom. The molecule has 0 unspecified atom stereocenters. The van der Waals surface area contributed by atoms with E-state index in [-0.39, 0.29) is 6.10 Å². The molecular formula is C11H17NO2. The lowest BCUT2D eigenvalue weighted by Gasteiger charge is -2.14. The SMILES string of the molecule is COc1cc(OC(C)C)c(N)cc1C. The molecule has 0 spiro atoms. The molecule has 1 aromatic carbocycles. The maximum atomic E-state index is 5.81. The molecule has 0 saturated heterocycles. The maximum Gasteiger partial charge on any atom is 0.146 e. The average Bonchev–Trinajstić information content (AvgIpc) is 2.09. The van der Waals surface area contributed by atoms with Crippen LogP contribution in [0.25, 0.3) is 0 Å². The van der Waals surface area contributed by atoms with Crippen LogP contribution in [0.3, 0.4) is 0 Å². The van der Waals surface area contributed by atoms with Crippen molar-refractivity contribution in [1.82, 2.24) is 0 Å².